The first kappa shape index (κ1) is 14.8. The number of hydrogen-bond acceptors (Lipinski definition) is 5. The monoisotopic (exact) mass is 331 g/mol. The minimum absolute atomic E-state index is 0.0544. The van der Waals surface area contributed by atoms with Crippen molar-refractivity contribution in [2.45, 2.75) is 64.0 Å². The maximum atomic E-state index is 12.7. The van der Waals surface area contributed by atoms with E-state index < -0.39 is 0 Å². The van der Waals surface area contributed by atoms with Gasteiger partial charge in [-0.15, -0.1) is 16.4 Å². The molecule has 2 aromatic heterocycles. The standard InChI is InChI=1S/C16H21N5OS/c22-16(13-6-3-4-8-21-15(13)18-19-20-21)17-9-11-10-23-14-7-2-1-5-12(11)14/h10,13H,1-9H2,(H,17,22)/t13-/m1/s1. The average molecular weight is 331 g/mol. The van der Waals surface area contributed by atoms with Gasteiger partial charge in [-0.1, -0.05) is 6.42 Å². The topological polar surface area (TPSA) is 72.7 Å². The van der Waals surface area contributed by atoms with E-state index in [-0.39, 0.29) is 11.8 Å². The fraction of sp³-hybridized carbons (Fsp3) is 0.625. The highest BCUT2D eigenvalue weighted by Gasteiger charge is 2.28. The fourth-order valence-electron chi connectivity index (χ4n) is 3.62. The van der Waals surface area contributed by atoms with E-state index in [1.54, 1.807) is 4.68 Å². The zero-order chi connectivity index (χ0) is 15.6. The van der Waals surface area contributed by atoms with E-state index in [2.05, 4.69) is 26.2 Å². The molecule has 4 rings (SSSR count). The SMILES string of the molecule is O=C(NCc1csc2c1CCCC2)[C@@H]1CCCCn2nnnc21. The molecule has 0 bridgehead atoms. The Morgan fingerprint density at radius 3 is 3.17 bits per heavy atom. The summed E-state index contributed by atoms with van der Waals surface area (Å²) in [4.78, 5) is 14.2. The molecule has 1 N–H and O–H groups in total. The number of tetrazole rings is 1. The number of hydrogen-bond donors (Lipinski definition) is 1. The molecule has 1 aliphatic carbocycles. The highest BCUT2D eigenvalue weighted by atomic mass is 32.1. The molecule has 0 saturated heterocycles. The van der Waals surface area contributed by atoms with Crippen LogP contribution in [0, 0.1) is 0 Å². The molecule has 0 radical (unpaired) electrons. The van der Waals surface area contributed by atoms with Gasteiger partial charge in [0.05, 0.1) is 5.92 Å². The molecular formula is C16H21N5OS. The maximum absolute atomic E-state index is 12.7. The van der Waals surface area contributed by atoms with Crippen LogP contribution < -0.4 is 5.32 Å². The number of nitrogens with zero attached hydrogens (tertiary/aromatic N) is 4. The normalized spacial score (nSPS) is 20.4. The van der Waals surface area contributed by atoms with Crippen LogP contribution in [0.3, 0.4) is 0 Å². The molecule has 2 aliphatic rings. The molecule has 2 aromatic rings. The van der Waals surface area contributed by atoms with Crippen LogP contribution in [0.5, 0.6) is 0 Å². The van der Waals surface area contributed by atoms with Crippen molar-refractivity contribution in [1.82, 2.24) is 25.5 Å². The predicted molar refractivity (Wildman–Crippen MR) is 87.2 cm³/mol. The summed E-state index contributed by atoms with van der Waals surface area (Å²) in [6, 6.07) is 0. The number of aromatic nitrogens is 4. The third-order valence-corrected chi connectivity index (χ3v) is 6.04. The first-order valence-electron chi connectivity index (χ1n) is 8.45. The van der Waals surface area contributed by atoms with Crippen molar-refractivity contribution in [2.75, 3.05) is 0 Å². The molecule has 3 heterocycles. The van der Waals surface area contributed by atoms with E-state index in [9.17, 15) is 4.79 Å². The smallest absolute Gasteiger partial charge is 0.231 e. The molecular weight excluding hydrogens is 310 g/mol. The van der Waals surface area contributed by atoms with Crippen LogP contribution in [0.4, 0.5) is 0 Å². The third kappa shape index (κ3) is 2.89. The van der Waals surface area contributed by atoms with Crippen LogP contribution in [0.25, 0.3) is 0 Å². The Kier molecular flexibility index (Phi) is 4.11. The van der Waals surface area contributed by atoms with Crippen molar-refractivity contribution in [3.8, 4) is 0 Å². The second-order valence-electron chi connectivity index (χ2n) is 6.40. The molecule has 0 unspecified atom stereocenters. The molecule has 0 fully saturated rings. The molecule has 0 saturated carbocycles. The Morgan fingerprint density at radius 1 is 1.30 bits per heavy atom. The lowest BCUT2D eigenvalue weighted by molar-refractivity contribution is -0.123. The van der Waals surface area contributed by atoms with E-state index in [0.717, 1.165) is 32.2 Å². The van der Waals surface area contributed by atoms with E-state index in [0.29, 0.717) is 12.4 Å². The van der Waals surface area contributed by atoms with Gasteiger partial charge in [0.2, 0.25) is 5.91 Å². The average Bonchev–Trinajstić information content (AvgIpc) is 3.15. The summed E-state index contributed by atoms with van der Waals surface area (Å²) in [6.07, 6.45) is 7.80. The van der Waals surface area contributed by atoms with Gasteiger partial charge in [-0.05, 0) is 65.5 Å². The largest absolute Gasteiger partial charge is 0.351 e. The number of carbonyl (C=O) groups is 1. The lowest BCUT2D eigenvalue weighted by Crippen LogP contribution is -2.30. The first-order chi connectivity index (χ1) is 11.3. The van der Waals surface area contributed by atoms with Gasteiger partial charge in [0.25, 0.3) is 0 Å². The molecule has 23 heavy (non-hydrogen) atoms. The molecule has 6 nitrogen and oxygen atoms in total. The van der Waals surface area contributed by atoms with Crippen molar-refractivity contribution in [2.24, 2.45) is 0 Å². The molecule has 1 atom stereocenters. The zero-order valence-electron chi connectivity index (χ0n) is 13.1. The second-order valence-corrected chi connectivity index (χ2v) is 7.36. The van der Waals surface area contributed by atoms with Gasteiger partial charge in [-0.2, -0.15) is 0 Å². The van der Waals surface area contributed by atoms with Gasteiger partial charge >= 0.3 is 0 Å². The van der Waals surface area contributed by atoms with Crippen LogP contribution in [0.1, 0.15) is 59.9 Å². The van der Waals surface area contributed by atoms with Crippen molar-refractivity contribution in [1.29, 1.82) is 0 Å². The summed E-state index contributed by atoms with van der Waals surface area (Å²) in [6.45, 7) is 1.44. The third-order valence-electron chi connectivity index (χ3n) is 4.90. The number of carbonyl (C=O) groups excluding carboxylic acids is 1. The summed E-state index contributed by atoms with van der Waals surface area (Å²) >= 11 is 1.84. The van der Waals surface area contributed by atoms with Crippen LogP contribution in [-0.4, -0.2) is 26.1 Å². The molecule has 7 heteroatoms. The Hall–Kier alpha value is -1.76. The Bertz CT molecular complexity index is 707. The Balaban J connectivity index is 1.45. The molecule has 0 spiro atoms. The molecule has 1 aliphatic heterocycles. The molecule has 1 amide bonds. The maximum Gasteiger partial charge on any atom is 0.231 e. The number of nitrogens with one attached hydrogen (secondary N) is 1. The summed E-state index contributed by atoms with van der Waals surface area (Å²) in [5.74, 6) is 0.549. The fourth-order valence-corrected chi connectivity index (χ4v) is 4.77. The van der Waals surface area contributed by atoms with Gasteiger partial charge in [0, 0.05) is 18.0 Å². The lowest BCUT2D eigenvalue weighted by atomic mass is 9.95. The quantitative estimate of drug-likeness (QED) is 0.936. The first-order valence-corrected chi connectivity index (χ1v) is 9.33. The highest BCUT2D eigenvalue weighted by molar-refractivity contribution is 7.10. The van der Waals surface area contributed by atoms with Gasteiger partial charge in [-0.3, -0.25) is 4.79 Å². The predicted octanol–water partition coefficient (Wildman–Crippen LogP) is 2.20. The summed E-state index contributed by atoms with van der Waals surface area (Å²) in [5, 5.41) is 17.1. The number of rotatable bonds is 3. The molecule has 122 valence electrons. The second kappa shape index (κ2) is 6.39. The lowest BCUT2D eigenvalue weighted by Gasteiger charge is -2.15. The van der Waals surface area contributed by atoms with Crippen LogP contribution in [0.15, 0.2) is 5.38 Å². The van der Waals surface area contributed by atoms with Gasteiger partial charge in [-0.25, -0.2) is 4.68 Å². The van der Waals surface area contributed by atoms with E-state index >= 15 is 0 Å². The van der Waals surface area contributed by atoms with Crippen molar-refractivity contribution >= 4 is 17.2 Å². The number of fused-ring (bicyclic) bond motifs is 2. The number of amides is 1. The van der Waals surface area contributed by atoms with Crippen molar-refractivity contribution < 1.29 is 4.79 Å². The number of thiophene rings is 1. The van der Waals surface area contributed by atoms with Crippen molar-refractivity contribution in [3.05, 3.63) is 27.2 Å². The molecule has 0 aromatic carbocycles. The summed E-state index contributed by atoms with van der Waals surface area (Å²) < 4.78 is 1.78. The Labute approximate surface area is 139 Å². The van der Waals surface area contributed by atoms with Crippen LogP contribution in [-0.2, 0) is 30.7 Å². The number of aryl methyl sites for hydroxylation is 2. The van der Waals surface area contributed by atoms with Gasteiger partial charge in [0.1, 0.15) is 0 Å². The summed E-state index contributed by atoms with van der Waals surface area (Å²) in [5.41, 5.74) is 2.78. The van der Waals surface area contributed by atoms with E-state index in [4.69, 9.17) is 0 Å². The summed E-state index contributed by atoms with van der Waals surface area (Å²) in [7, 11) is 0. The highest BCUT2D eigenvalue weighted by Crippen LogP contribution is 2.30. The van der Waals surface area contributed by atoms with Gasteiger partial charge < -0.3 is 5.32 Å². The zero-order valence-corrected chi connectivity index (χ0v) is 13.9. The van der Waals surface area contributed by atoms with Crippen molar-refractivity contribution in [3.63, 3.8) is 0 Å². The van der Waals surface area contributed by atoms with Gasteiger partial charge in [0.15, 0.2) is 5.82 Å². The van der Waals surface area contributed by atoms with Crippen LogP contribution in [0.2, 0.25) is 0 Å². The minimum Gasteiger partial charge on any atom is -0.351 e. The van der Waals surface area contributed by atoms with E-state index in [1.165, 1.54) is 35.3 Å². The minimum atomic E-state index is -0.220. The Morgan fingerprint density at radius 2 is 2.22 bits per heavy atom. The van der Waals surface area contributed by atoms with Crippen LogP contribution >= 0.6 is 11.3 Å². The van der Waals surface area contributed by atoms with E-state index in [1.807, 2.05) is 11.3 Å².